The lowest BCUT2D eigenvalue weighted by molar-refractivity contribution is 0.0474. The van der Waals surface area contributed by atoms with Gasteiger partial charge >= 0.3 is 5.97 Å². The van der Waals surface area contributed by atoms with Gasteiger partial charge in [-0.05, 0) is 37.3 Å². The highest BCUT2D eigenvalue weighted by molar-refractivity contribution is 7.92. The van der Waals surface area contributed by atoms with Crippen molar-refractivity contribution in [2.24, 2.45) is 7.05 Å². The molecule has 0 atom stereocenters. The first kappa shape index (κ1) is 24.7. The van der Waals surface area contributed by atoms with Gasteiger partial charge in [-0.1, -0.05) is 54.6 Å². The van der Waals surface area contributed by atoms with Crippen LogP contribution in [0.2, 0.25) is 0 Å². The molecule has 9 nitrogen and oxygen atoms in total. The Labute approximate surface area is 207 Å². The first-order chi connectivity index (χ1) is 17.2. The van der Waals surface area contributed by atoms with Gasteiger partial charge in [0.1, 0.15) is 5.69 Å². The Morgan fingerprint density at radius 3 is 2.17 bits per heavy atom. The average molecular weight is 506 g/mol. The molecule has 0 amide bonds. The maximum Gasteiger partial charge on any atom is 0.338 e. The number of para-hydroxylation sites is 1. The first-order valence-electron chi connectivity index (χ1n) is 10.9. The summed E-state index contributed by atoms with van der Waals surface area (Å²) in [5, 5.41) is 0. The topological polar surface area (TPSA) is 116 Å². The van der Waals surface area contributed by atoms with Gasteiger partial charge in [0.15, 0.2) is 12.4 Å². The molecule has 0 radical (unpaired) electrons. The largest absolute Gasteiger partial charge is 0.454 e. The Hall–Kier alpha value is -4.44. The Kier molecular flexibility index (Phi) is 6.89. The van der Waals surface area contributed by atoms with Crippen LogP contribution in [0.25, 0.3) is 5.69 Å². The van der Waals surface area contributed by atoms with E-state index in [0.29, 0.717) is 16.9 Å². The summed E-state index contributed by atoms with van der Waals surface area (Å²) in [6, 6.07) is 22.4. The summed E-state index contributed by atoms with van der Waals surface area (Å²) in [5.74, 6) is -1.23. The number of benzene rings is 3. The van der Waals surface area contributed by atoms with Crippen molar-refractivity contribution < 1.29 is 22.7 Å². The molecule has 3 aromatic carbocycles. The quantitative estimate of drug-likeness (QED) is 0.290. The molecule has 10 heteroatoms. The summed E-state index contributed by atoms with van der Waals surface area (Å²) >= 11 is 0. The van der Waals surface area contributed by atoms with Crippen LogP contribution in [0.3, 0.4) is 0 Å². The fraction of sp³-hybridized carbons (Fsp3) is 0.115. The molecule has 0 aliphatic carbocycles. The fourth-order valence-corrected chi connectivity index (χ4v) is 4.75. The van der Waals surface area contributed by atoms with Crippen LogP contribution in [0.1, 0.15) is 26.4 Å². The molecular formula is C26H23N3O6S. The van der Waals surface area contributed by atoms with Crippen molar-refractivity contribution in [3.05, 3.63) is 112 Å². The zero-order chi connectivity index (χ0) is 25.9. The highest BCUT2D eigenvalue weighted by Crippen LogP contribution is 2.20. The smallest absolute Gasteiger partial charge is 0.338 e. The van der Waals surface area contributed by atoms with Gasteiger partial charge in [-0.2, -0.15) is 0 Å². The average Bonchev–Trinajstić information content (AvgIpc) is 3.10. The third kappa shape index (κ3) is 4.98. The van der Waals surface area contributed by atoms with Crippen LogP contribution >= 0.6 is 0 Å². The number of carbonyl (C=O) groups is 2. The van der Waals surface area contributed by atoms with Crippen molar-refractivity contribution in [3.8, 4) is 5.69 Å². The van der Waals surface area contributed by atoms with E-state index in [9.17, 15) is 22.8 Å². The number of ketones is 1. The van der Waals surface area contributed by atoms with E-state index in [1.807, 2.05) is 6.07 Å². The van der Waals surface area contributed by atoms with E-state index in [2.05, 4.69) is 4.72 Å². The fourth-order valence-electron chi connectivity index (χ4n) is 3.59. The Balaban J connectivity index is 1.55. The highest BCUT2D eigenvalue weighted by Gasteiger charge is 2.23. The van der Waals surface area contributed by atoms with Crippen molar-refractivity contribution in [2.45, 2.75) is 11.8 Å². The summed E-state index contributed by atoms with van der Waals surface area (Å²) < 4.78 is 36.6. The zero-order valence-electron chi connectivity index (χ0n) is 19.5. The highest BCUT2D eigenvalue weighted by atomic mass is 32.2. The van der Waals surface area contributed by atoms with Gasteiger partial charge in [0, 0.05) is 12.6 Å². The number of nitrogens with zero attached hydrogens (tertiary/aromatic N) is 2. The number of carbonyl (C=O) groups excluding carboxylic acids is 2. The maximum atomic E-state index is 13.1. The molecule has 0 aliphatic rings. The second-order valence-corrected chi connectivity index (χ2v) is 9.62. The van der Waals surface area contributed by atoms with Gasteiger partial charge in [0.05, 0.1) is 21.8 Å². The molecule has 0 spiro atoms. The predicted molar refractivity (Wildman–Crippen MR) is 134 cm³/mol. The van der Waals surface area contributed by atoms with Crippen LogP contribution < -0.4 is 10.3 Å². The standard InChI is InChI=1S/C26H23N3O6S/c1-18-24(25(31)29(28(18)2)21-13-7-4-8-14-21)27-36(33,34)22-15-9-12-20(16-22)26(32)35-17-23(30)19-10-5-3-6-11-19/h3-16,27H,17H2,1-2H3. The monoisotopic (exact) mass is 505 g/mol. The second kappa shape index (κ2) is 10.0. The van der Waals surface area contributed by atoms with Gasteiger partial charge in [-0.15, -0.1) is 0 Å². The van der Waals surface area contributed by atoms with E-state index < -0.39 is 28.2 Å². The summed E-state index contributed by atoms with van der Waals surface area (Å²) in [4.78, 5) is 37.5. The zero-order valence-corrected chi connectivity index (χ0v) is 20.4. The maximum absolute atomic E-state index is 13.1. The first-order valence-corrected chi connectivity index (χ1v) is 12.4. The van der Waals surface area contributed by atoms with Crippen LogP contribution in [0.4, 0.5) is 5.69 Å². The lowest BCUT2D eigenvalue weighted by Crippen LogP contribution is -2.23. The third-order valence-corrected chi connectivity index (χ3v) is 6.95. The van der Waals surface area contributed by atoms with Crippen molar-refractivity contribution in [3.63, 3.8) is 0 Å². The number of hydrogen-bond acceptors (Lipinski definition) is 6. The van der Waals surface area contributed by atoms with Crippen molar-refractivity contribution in [2.75, 3.05) is 11.3 Å². The summed E-state index contributed by atoms with van der Waals surface area (Å²) in [6.45, 7) is 1.14. The van der Waals surface area contributed by atoms with E-state index in [-0.39, 0.29) is 21.9 Å². The Bertz CT molecular complexity index is 1590. The van der Waals surface area contributed by atoms with Gasteiger partial charge < -0.3 is 4.74 Å². The summed E-state index contributed by atoms with van der Waals surface area (Å²) in [7, 11) is -2.58. The minimum atomic E-state index is -4.23. The van der Waals surface area contributed by atoms with Crippen molar-refractivity contribution in [1.29, 1.82) is 0 Å². The van der Waals surface area contributed by atoms with E-state index in [4.69, 9.17) is 4.74 Å². The van der Waals surface area contributed by atoms with Crippen LogP contribution in [0, 0.1) is 6.92 Å². The van der Waals surface area contributed by atoms with Crippen LogP contribution in [0.5, 0.6) is 0 Å². The predicted octanol–water partition coefficient (Wildman–Crippen LogP) is 3.32. The van der Waals surface area contributed by atoms with Gasteiger partial charge in [0.2, 0.25) is 0 Å². The molecule has 1 N–H and O–H groups in total. The second-order valence-electron chi connectivity index (χ2n) is 7.94. The van der Waals surface area contributed by atoms with Gasteiger partial charge in [-0.3, -0.25) is 19.0 Å². The molecule has 0 saturated heterocycles. The van der Waals surface area contributed by atoms with E-state index in [1.165, 1.54) is 22.9 Å². The van der Waals surface area contributed by atoms with Crippen LogP contribution in [-0.2, 0) is 21.8 Å². The molecule has 0 fully saturated rings. The number of nitrogens with one attached hydrogen (secondary N) is 1. The minimum Gasteiger partial charge on any atom is -0.454 e. The van der Waals surface area contributed by atoms with E-state index in [0.717, 1.165) is 6.07 Å². The third-order valence-electron chi connectivity index (χ3n) is 5.60. The number of anilines is 1. The number of ether oxygens (including phenoxy) is 1. The number of Topliss-reactive ketones (excluding diaryl/α,β-unsaturated/α-hetero) is 1. The Morgan fingerprint density at radius 1 is 0.889 bits per heavy atom. The van der Waals surface area contributed by atoms with Crippen LogP contribution in [0.15, 0.2) is 94.6 Å². The number of esters is 1. The number of hydrogen-bond donors (Lipinski definition) is 1. The molecule has 36 heavy (non-hydrogen) atoms. The number of rotatable bonds is 8. The van der Waals surface area contributed by atoms with Gasteiger partial charge in [0.25, 0.3) is 15.6 Å². The molecular weight excluding hydrogens is 482 g/mol. The van der Waals surface area contributed by atoms with Crippen molar-refractivity contribution in [1.82, 2.24) is 9.36 Å². The summed E-state index contributed by atoms with van der Waals surface area (Å²) in [5.41, 5.74) is 0.675. The number of sulfonamides is 1. The molecule has 184 valence electrons. The van der Waals surface area contributed by atoms with E-state index in [1.54, 1.807) is 73.3 Å². The number of aromatic nitrogens is 2. The van der Waals surface area contributed by atoms with Crippen molar-refractivity contribution >= 4 is 27.5 Å². The van der Waals surface area contributed by atoms with E-state index >= 15 is 0 Å². The molecule has 1 heterocycles. The molecule has 0 bridgehead atoms. The van der Waals surface area contributed by atoms with Crippen LogP contribution in [-0.4, -0.2) is 36.1 Å². The van der Waals surface area contributed by atoms with Gasteiger partial charge in [-0.25, -0.2) is 17.9 Å². The molecule has 1 aromatic heterocycles. The lowest BCUT2D eigenvalue weighted by Gasteiger charge is -2.09. The molecule has 4 aromatic rings. The lowest BCUT2D eigenvalue weighted by atomic mass is 10.1. The molecule has 0 unspecified atom stereocenters. The molecule has 4 rings (SSSR count). The Morgan fingerprint density at radius 2 is 1.50 bits per heavy atom. The minimum absolute atomic E-state index is 0.0507. The molecule has 0 saturated carbocycles. The SMILES string of the molecule is Cc1c(NS(=O)(=O)c2cccc(C(=O)OCC(=O)c3ccccc3)c2)c(=O)n(-c2ccccc2)n1C. The summed E-state index contributed by atoms with van der Waals surface area (Å²) in [6.07, 6.45) is 0. The molecule has 0 aliphatic heterocycles. The normalized spacial score (nSPS) is 11.2.